The fourth-order valence-corrected chi connectivity index (χ4v) is 9.00. The van der Waals surface area contributed by atoms with Crippen LogP contribution in [0.5, 0.6) is 0 Å². The standard InChI is InChI=1S/C36H65NO12/c1-13-24(38)36(10,42)31-19(4)27-17(2)15-35(9,49-27)30(48-33-26(39)23(37-11)14-18(3)44-33)20(5)28(21(6)32(41)47-31)46-25-16-34(8,43-12)29(40)22(7)45-25/h17-31,33,37-40,42H,13-16H2,1-12H3/t17?,18?,19-,20-,21+,22?,23?,24+,25-,26?,27?,28+,29-,30+,31+,33-,34?,35+,36+/m0/s1. The summed E-state index contributed by atoms with van der Waals surface area (Å²) in [7, 11) is 3.32. The fourth-order valence-electron chi connectivity index (χ4n) is 9.00. The van der Waals surface area contributed by atoms with Crippen LogP contribution in [-0.2, 0) is 38.0 Å². The minimum absolute atomic E-state index is 0.0575. The Kier molecular flexibility index (Phi) is 13.0. The van der Waals surface area contributed by atoms with Crippen LogP contribution >= 0.6 is 0 Å². The Balaban J connectivity index is 1.82. The molecular weight excluding hydrogens is 638 g/mol. The zero-order chi connectivity index (χ0) is 36.8. The Morgan fingerprint density at radius 2 is 1.69 bits per heavy atom. The number of esters is 1. The number of hydrogen-bond donors (Lipinski definition) is 5. The Morgan fingerprint density at radius 3 is 2.29 bits per heavy atom. The predicted octanol–water partition coefficient (Wildman–Crippen LogP) is 2.28. The summed E-state index contributed by atoms with van der Waals surface area (Å²) in [5.74, 6) is -2.67. The van der Waals surface area contributed by atoms with Crippen LogP contribution in [0.15, 0.2) is 0 Å². The second kappa shape index (κ2) is 15.6. The number of ether oxygens (including phenoxy) is 7. The maximum atomic E-state index is 14.2. The number of nitrogens with one attached hydrogen (secondary N) is 1. The average molecular weight is 704 g/mol. The lowest BCUT2D eigenvalue weighted by Gasteiger charge is -2.48. The van der Waals surface area contributed by atoms with Crippen LogP contribution in [0.2, 0.25) is 0 Å². The second-order valence-corrected chi connectivity index (χ2v) is 16.1. The first-order valence-electron chi connectivity index (χ1n) is 18.2. The summed E-state index contributed by atoms with van der Waals surface area (Å²) in [4.78, 5) is 14.2. The van der Waals surface area contributed by atoms with E-state index < -0.39 is 102 Å². The van der Waals surface area contributed by atoms with E-state index in [1.807, 2.05) is 27.7 Å². The van der Waals surface area contributed by atoms with E-state index in [9.17, 15) is 25.2 Å². The number of carbonyl (C=O) groups excluding carboxylic acids is 1. The van der Waals surface area contributed by atoms with Gasteiger partial charge < -0.3 is 58.9 Å². The molecule has 4 aliphatic rings. The molecule has 0 radical (unpaired) electrons. The van der Waals surface area contributed by atoms with Crippen molar-refractivity contribution in [2.75, 3.05) is 14.2 Å². The number of aliphatic hydroxyl groups excluding tert-OH is 3. The molecule has 2 bridgehead atoms. The predicted molar refractivity (Wildman–Crippen MR) is 179 cm³/mol. The van der Waals surface area contributed by atoms with Crippen LogP contribution in [0.3, 0.4) is 0 Å². The SMILES string of the molecule is CC[C@@H](O)[C@@](C)(O)[C@@H]1OC(=O)[C@H](C)[C@H](O[C@H]2CC(C)(OC)[C@@H](O)C(C)O2)[C@H](C)[C@@H](O[C@@H]2OC(C)CC(NC)C2O)[C@@]2(C)CC(C)C(O2)[C@@H]1C. The highest BCUT2D eigenvalue weighted by atomic mass is 16.7. The van der Waals surface area contributed by atoms with Gasteiger partial charge in [-0.05, 0) is 73.8 Å². The molecule has 4 aliphatic heterocycles. The van der Waals surface area contributed by atoms with E-state index in [2.05, 4.69) is 12.2 Å². The lowest BCUT2D eigenvalue weighted by Crippen LogP contribution is -2.60. The van der Waals surface area contributed by atoms with Gasteiger partial charge in [0.15, 0.2) is 12.6 Å². The third-order valence-electron chi connectivity index (χ3n) is 12.1. The third kappa shape index (κ3) is 8.02. The van der Waals surface area contributed by atoms with Gasteiger partial charge in [-0.1, -0.05) is 27.7 Å². The van der Waals surface area contributed by atoms with Crippen molar-refractivity contribution in [1.82, 2.24) is 5.32 Å². The van der Waals surface area contributed by atoms with Gasteiger partial charge in [-0.15, -0.1) is 0 Å². The zero-order valence-electron chi connectivity index (χ0n) is 31.6. The molecule has 13 nitrogen and oxygen atoms in total. The minimum atomic E-state index is -1.78. The lowest BCUT2D eigenvalue weighted by atomic mass is 9.76. The van der Waals surface area contributed by atoms with Crippen molar-refractivity contribution in [1.29, 1.82) is 0 Å². The summed E-state index contributed by atoms with van der Waals surface area (Å²) in [5.41, 5.74) is -3.72. The van der Waals surface area contributed by atoms with Crippen molar-refractivity contribution in [3.8, 4) is 0 Å². The van der Waals surface area contributed by atoms with Crippen LogP contribution < -0.4 is 5.32 Å². The molecule has 0 aromatic heterocycles. The molecule has 0 aromatic carbocycles. The first-order chi connectivity index (χ1) is 22.7. The van der Waals surface area contributed by atoms with Crippen LogP contribution in [-0.4, -0.2) is 131 Å². The van der Waals surface area contributed by atoms with Crippen molar-refractivity contribution in [3.63, 3.8) is 0 Å². The number of carbonyl (C=O) groups is 1. The summed E-state index contributed by atoms with van der Waals surface area (Å²) < 4.78 is 44.9. The normalized spacial score (nSPS) is 50.2. The Bertz CT molecular complexity index is 1110. The monoisotopic (exact) mass is 703 g/mol. The van der Waals surface area contributed by atoms with E-state index in [-0.39, 0.29) is 30.9 Å². The molecule has 4 heterocycles. The van der Waals surface area contributed by atoms with E-state index in [1.165, 1.54) is 14.0 Å². The Labute approximate surface area is 292 Å². The number of likely N-dealkylation sites (N-methyl/N-ethyl adjacent to an activating group) is 1. The molecule has 286 valence electrons. The second-order valence-electron chi connectivity index (χ2n) is 16.1. The van der Waals surface area contributed by atoms with Gasteiger partial charge >= 0.3 is 5.97 Å². The van der Waals surface area contributed by atoms with Gasteiger partial charge in [-0.25, -0.2) is 0 Å². The topological polar surface area (TPSA) is 175 Å². The molecule has 0 aliphatic carbocycles. The van der Waals surface area contributed by atoms with Crippen LogP contribution in [0.25, 0.3) is 0 Å². The highest BCUT2D eigenvalue weighted by Gasteiger charge is 2.58. The van der Waals surface area contributed by atoms with E-state index in [0.29, 0.717) is 12.8 Å². The zero-order valence-corrected chi connectivity index (χ0v) is 31.6. The number of hydrogen-bond acceptors (Lipinski definition) is 13. The van der Waals surface area contributed by atoms with Gasteiger partial charge in [0.2, 0.25) is 0 Å². The molecule has 7 unspecified atom stereocenters. The van der Waals surface area contributed by atoms with Crippen molar-refractivity contribution >= 4 is 5.97 Å². The molecule has 0 spiro atoms. The van der Waals surface area contributed by atoms with Gasteiger partial charge in [0.05, 0.1) is 53.7 Å². The largest absolute Gasteiger partial charge is 0.459 e. The molecule has 4 saturated heterocycles. The maximum Gasteiger partial charge on any atom is 0.311 e. The number of methoxy groups -OCH3 is 1. The summed E-state index contributed by atoms with van der Waals surface area (Å²) >= 11 is 0. The van der Waals surface area contributed by atoms with Crippen molar-refractivity contribution in [2.24, 2.45) is 23.7 Å². The Hall–Kier alpha value is -0.970. The quantitative estimate of drug-likeness (QED) is 0.222. The summed E-state index contributed by atoms with van der Waals surface area (Å²) in [6, 6.07) is -0.264. The number of rotatable bonds is 9. The molecule has 0 saturated carbocycles. The van der Waals surface area contributed by atoms with Crippen LogP contribution in [0, 0.1) is 23.7 Å². The Morgan fingerprint density at radius 1 is 1.04 bits per heavy atom. The number of fused-ring (bicyclic) bond motifs is 2. The van der Waals surface area contributed by atoms with Gasteiger partial charge in [0.25, 0.3) is 0 Å². The number of aliphatic hydroxyl groups is 4. The maximum absolute atomic E-state index is 14.2. The van der Waals surface area contributed by atoms with Crippen LogP contribution in [0.1, 0.15) is 94.9 Å². The highest BCUT2D eigenvalue weighted by Crippen LogP contribution is 2.48. The molecule has 13 heteroatoms. The smallest absolute Gasteiger partial charge is 0.311 e. The lowest BCUT2D eigenvalue weighted by molar-refractivity contribution is -0.316. The van der Waals surface area contributed by atoms with E-state index in [1.54, 1.807) is 34.7 Å². The van der Waals surface area contributed by atoms with Gasteiger partial charge in [-0.3, -0.25) is 4.79 Å². The molecule has 49 heavy (non-hydrogen) atoms. The van der Waals surface area contributed by atoms with Crippen molar-refractivity contribution < 1.29 is 58.4 Å². The summed E-state index contributed by atoms with van der Waals surface area (Å²) in [6.07, 6.45) is -7.41. The summed E-state index contributed by atoms with van der Waals surface area (Å²) in [6.45, 7) is 18.3. The van der Waals surface area contributed by atoms with Crippen molar-refractivity contribution in [3.05, 3.63) is 0 Å². The molecular formula is C36H65NO12. The molecule has 19 atom stereocenters. The molecule has 0 aromatic rings. The summed E-state index contributed by atoms with van der Waals surface area (Å²) in [5, 5.41) is 48.1. The first kappa shape index (κ1) is 40.8. The van der Waals surface area contributed by atoms with Gasteiger partial charge in [0.1, 0.15) is 23.9 Å². The minimum Gasteiger partial charge on any atom is -0.459 e. The molecule has 4 rings (SSSR count). The number of cyclic esters (lactones) is 1. The average Bonchev–Trinajstić information content (AvgIpc) is 3.37. The fraction of sp³-hybridized carbons (Fsp3) is 0.972. The first-order valence-corrected chi connectivity index (χ1v) is 18.2. The molecule has 5 N–H and O–H groups in total. The van der Waals surface area contributed by atoms with Gasteiger partial charge in [-0.2, -0.15) is 0 Å². The van der Waals surface area contributed by atoms with E-state index in [4.69, 9.17) is 33.2 Å². The molecule has 4 fully saturated rings. The van der Waals surface area contributed by atoms with Crippen molar-refractivity contribution in [2.45, 2.75) is 185 Å². The van der Waals surface area contributed by atoms with Crippen LogP contribution in [0.4, 0.5) is 0 Å². The third-order valence-corrected chi connectivity index (χ3v) is 12.1. The van der Waals surface area contributed by atoms with E-state index >= 15 is 0 Å². The molecule has 0 amide bonds. The van der Waals surface area contributed by atoms with Gasteiger partial charge in [0, 0.05) is 31.4 Å². The highest BCUT2D eigenvalue weighted by molar-refractivity contribution is 5.73. The van der Waals surface area contributed by atoms with E-state index in [0.717, 1.165) is 0 Å².